The van der Waals surface area contributed by atoms with Crippen LogP contribution in [-0.2, 0) is 4.74 Å². The van der Waals surface area contributed by atoms with Crippen LogP contribution in [0, 0.1) is 0 Å². The van der Waals surface area contributed by atoms with Crippen molar-refractivity contribution in [3.05, 3.63) is 0 Å². The van der Waals surface area contributed by atoms with Gasteiger partial charge in [0.1, 0.15) is 0 Å². The van der Waals surface area contributed by atoms with E-state index in [4.69, 9.17) is 4.74 Å². The molecule has 90 valence electrons. The minimum Gasteiger partial charge on any atom is -0.377 e. The molecule has 0 aliphatic carbocycles. The van der Waals surface area contributed by atoms with E-state index < -0.39 is 0 Å². The van der Waals surface area contributed by atoms with Crippen LogP contribution in [0.2, 0.25) is 0 Å². The Bertz CT molecular complexity index is 190. The summed E-state index contributed by atoms with van der Waals surface area (Å²) in [6, 6.07) is 0.651. The number of hydrogen-bond acceptors (Lipinski definition) is 3. The van der Waals surface area contributed by atoms with Crippen LogP contribution in [-0.4, -0.2) is 61.3 Å². The number of hydrogen-bond donors (Lipinski definition) is 0. The molecule has 0 aromatic carbocycles. The van der Waals surface area contributed by atoms with E-state index in [2.05, 4.69) is 30.7 Å². The largest absolute Gasteiger partial charge is 0.377 e. The molecular weight excluding hydrogens is 188 g/mol. The molecule has 0 radical (unpaired) electrons. The summed E-state index contributed by atoms with van der Waals surface area (Å²) >= 11 is 0. The molecule has 2 saturated heterocycles. The summed E-state index contributed by atoms with van der Waals surface area (Å²) in [4.78, 5) is 5.03. The molecule has 0 amide bonds. The van der Waals surface area contributed by atoms with Crippen molar-refractivity contribution in [3.8, 4) is 0 Å². The average molecular weight is 214 g/mol. The predicted octanol–water partition coefficient (Wildman–Crippen LogP) is 1.44. The Labute approximate surface area is 94.4 Å². The molecule has 0 saturated carbocycles. The van der Waals surface area contributed by atoms with Crippen molar-refractivity contribution in [1.82, 2.24) is 9.80 Å². The first-order chi connectivity index (χ1) is 7.14. The Morgan fingerprint density at radius 2 is 1.73 bits per heavy atom. The van der Waals surface area contributed by atoms with Gasteiger partial charge in [-0.25, -0.2) is 0 Å². The minimum absolute atomic E-state index is 0.348. The second kappa shape index (κ2) is 5.28. The van der Waals surface area contributed by atoms with Gasteiger partial charge in [0.05, 0.1) is 18.8 Å². The normalized spacial score (nSPS) is 26.0. The van der Waals surface area contributed by atoms with E-state index in [0.29, 0.717) is 11.6 Å². The molecule has 2 aliphatic heterocycles. The number of piperazine rings is 1. The molecule has 0 unspecified atom stereocenters. The molecule has 2 aliphatic rings. The van der Waals surface area contributed by atoms with Crippen LogP contribution in [0.4, 0.5) is 0 Å². The second-order valence-electron chi connectivity index (χ2n) is 4.74. The van der Waals surface area contributed by atoms with Crippen LogP contribution in [0.3, 0.4) is 0 Å². The standard InChI is InChI=1S/C10H20N2O.C2H6/c1-9(2)12-5-4-11(3)6-10(12)7-13-8-10;1-2/h9H,4-8H2,1-3H3;1-2H3. The van der Waals surface area contributed by atoms with E-state index in [9.17, 15) is 0 Å². The van der Waals surface area contributed by atoms with Crippen molar-refractivity contribution < 1.29 is 4.74 Å². The lowest BCUT2D eigenvalue weighted by molar-refractivity contribution is -0.175. The van der Waals surface area contributed by atoms with Crippen LogP contribution in [0.5, 0.6) is 0 Å². The fourth-order valence-electron chi connectivity index (χ4n) is 2.59. The van der Waals surface area contributed by atoms with Crippen molar-refractivity contribution in [2.45, 2.75) is 39.3 Å². The molecule has 3 nitrogen and oxygen atoms in total. The van der Waals surface area contributed by atoms with Gasteiger partial charge in [0, 0.05) is 25.7 Å². The van der Waals surface area contributed by atoms with E-state index >= 15 is 0 Å². The molecule has 0 atom stereocenters. The minimum atomic E-state index is 0.348. The van der Waals surface area contributed by atoms with Crippen molar-refractivity contribution in [2.75, 3.05) is 39.9 Å². The quantitative estimate of drug-likeness (QED) is 0.657. The number of ether oxygens (including phenoxy) is 1. The first-order valence-electron chi connectivity index (χ1n) is 6.17. The summed E-state index contributed by atoms with van der Waals surface area (Å²) < 4.78 is 5.38. The highest BCUT2D eigenvalue weighted by molar-refractivity contribution is 5.02. The molecule has 2 fully saturated rings. The zero-order chi connectivity index (χ0) is 11.5. The molecule has 0 bridgehead atoms. The maximum Gasteiger partial charge on any atom is 0.0809 e. The van der Waals surface area contributed by atoms with Gasteiger partial charge in [-0.15, -0.1) is 0 Å². The monoisotopic (exact) mass is 214 g/mol. The Morgan fingerprint density at radius 1 is 1.13 bits per heavy atom. The van der Waals surface area contributed by atoms with Crippen LogP contribution < -0.4 is 0 Å². The third-order valence-electron chi connectivity index (χ3n) is 3.26. The zero-order valence-electron chi connectivity index (χ0n) is 10.9. The van der Waals surface area contributed by atoms with Crippen LogP contribution >= 0.6 is 0 Å². The maximum atomic E-state index is 5.38. The summed E-state index contributed by atoms with van der Waals surface area (Å²) in [6.45, 7) is 14.0. The fraction of sp³-hybridized carbons (Fsp3) is 1.00. The molecule has 2 rings (SSSR count). The van der Waals surface area contributed by atoms with Gasteiger partial charge in [0.15, 0.2) is 0 Å². The molecule has 0 aromatic rings. The predicted molar refractivity (Wildman–Crippen MR) is 64.2 cm³/mol. The highest BCUT2D eigenvalue weighted by Crippen LogP contribution is 2.30. The second-order valence-corrected chi connectivity index (χ2v) is 4.74. The first kappa shape index (κ1) is 12.9. The Kier molecular flexibility index (Phi) is 4.56. The molecule has 15 heavy (non-hydrogen) atoms. The summed E-state index contributed by atoms with van der Waals surface area (Å²) in [5.41, 5.74) is 0.348. The molecule has 1 spiro atoms. The summed E-state index contributed by atoms with van der Waals surface area (Å²) in [6.07, 6.45) is 0. The van der Waals surface area contributed by atoms with Crippen molar-refractivity contribution in [3.63, 3.8) is 0 Å². The smallest absolute Gasteiger partial charge is 0.0809 e. The molecule has 2 heterocycles. The van der Waals surface area contributed by atoms with E-state index in [1.54, 1.807) is 0 Å². The number of rotatable bonds is 1. The average Bonchev–Trinajstić information content (AvgIpc) is 2.18. The van der Waals surface area contributed by atoms with Gasteiger partial charge in [0.2, 0.25) is 0 Å². The van der Waals surface area contributed by atoms with Crippen LogP contribution in [0.15, 0.2) is 0 Å². The third-order valence-corrected chi connectivity index (χ3v) is 3.26. The lowest BCUT2D eigenvalue weighted by Crippen LogP contribution is -2.72. The molecular formula is C12H26N2O. The van der Waals surface area contributed by atoms with E-state index in [1.165, 1.54) is 19.6 Å². The topological polar surface area (TPSA) is 15.7 Å². The van der Waals surface area contributed by atoms with Gasteiger partial charge in [-0.1, -0.05) is 13.8 Å². The Hall–Kier alpha value is -0.120. The van der Waals surface area contributed by atoms with Crippen molar-refractivity contribution >= 4 is 0 Å². The third kappa shape index (κ3) is 2.52. The van der Waals surface area contributed by atoms with E-state index in [0.717, 1.165) is 13.2 Å². The van der Waals surface area contributed by atoms with E-state index in [1.807, 2.05) is 13.8 Å². The summed E-state index contributed by atoms with van der Waals surface area (Å²) in [7, 11) is 2.21. The zero-order valence-corrected chi connectivity index (χ0v) is 10.9. The summed E-state index contributed by atoms with van der Waals surface area (Å²) in [5, 5.41) is 0. The van der Waals surface area contributed by atoms with Crippen LogP contribution in [0.1, 0.15) is 27.7 Å². The van der Waals surface area contributed by atoms with Gasteiger partial charge in [0.25, 0.3) is 0 Å². The highest BCUT2D eigenvalue weighted by atomic mass is 16.5. The van der Waals surface area contributed by atoms with Gasteiger partial charge in [-0.3, -0.25) is 4.90 Å². The Morgan fingerprint density at radius 3 is 2.13 bits per heavy atom. The maximum absolute atomic E-state index is 5.38. The van der Waals surface area contributed by atoms with E-state index in [-0.39, 0.29) is 0 Å². The first-order valence-corrected chi connectivity index (χ1v) is 6.17. The van der Waals surface area contributed by atoms with Crippen molar-refractivity contribution in [2.24, 2.45) is 0 Å². The van der Waals surface area contributed by atoms with Gasteiger partial charge < -0.3 is 9.64 Å². The summed E-state index contributed by atoms with van der Waals surface area (Å²) in [5.74, 6) is 0. The molecule has 0 N–H and O–H groups in total. The fourth-order valence-corrected chi connectivity index (χ4v) is 2.59. The molecule has 3 heteroatoms. The molecule has 0 aromatic heterocycles. The Balaban J connectivity index is 0.000000531. The van der Waals surface area contributed by atoms with Gasteiger partial charge in [-0.2, -0.15) is 0 Å². The number of likely N-dealkylation sites (N-methyl/N-ethyl adjacent to an activating group) is 1. The highest BCUT2D eigenvalue weighted by Gasteiger charge is 2.47. The van der Waals surface area contributed by atoms with Gasteiger partial charge >= 0.3 is 0 Å². The van der Waals surface area contributed by atoms with Crippen molar-refractivity contribution in [1.29, 1.82) is 0 Å². The SMILES string of the molecule is CC.CC(C)N1CCN(C)CC12COC2. The lowest BCUT2D eigenvalue weighted by Gasteiger charge is -2.56. The number of nitrogens with zero attached hydrogens (tertiary/aromatic N) is 2. The lowest BCUT2D eigenvalue weighted by atomic mass is 9.90. The van der Waals surface area contributed by atoms with Crippen LogP contribution in [0.25, 0.3) is 0 Å². The van der Waals surface area contributed by atoms with Gasteiger partial charge in [-0.05, 0) is 20.9 Å².